The molecule has 1 N–H and O–H groups in total. The van der Waals surface area contributed by atoms with Crippen molar-refractivity contribution in [3.05, 3.63) is 34.6 Å². The zero-order valence-corrected chi connectivity index (χ0v) is 13.7. The van der Waals surface area contributed by atoms with E-state index in [-0.39, 0.29) is 10.6 Å². The smallest absolute Gasteiger partial charge is 0.255 e. The van der Waals surface area contributed by atoms with E-state index < -0.39 is 11.7 Å². The van der Waals surface area contributed by atoms with Crippen LogP contribution in [0.3, 0.4) is 0 Å². The second-order valence-corrected chi connectivity index (χ2v) is 6.11. The average Bonchev–Trinajstić information content (AvgIpc) is 2.48. The lowest BCUT2D eigenvalue weighted by molar-refractivity contribution is 0.0948. The molecule has 0 spiro atoms. The molecule has 0 aromatic heterocycles. The Bertz CT molecular complexity index is 484. The quantitative estimate of drug-likeness (QED) is 0.814. The number of unbranched alkanes of at least 4 members (excludes halogenated alkanes) is 1. The van der Waals surface area contributed by atoms with Gasteiger partial charge in [0.05, 0.1) is 10.6 Å². The van der Waals surface area contributed by atoms with Gasteiger partial charge in [-0.25, -0.2) is 4.39 Å². The molecular formula is C16H23ClFN3O. The van der Waals surface area contributed by atoms with Crippen LogP contribution in [0.5, 0.6) is 0 Å². The third-order valence-corrected chi connectivity index (χ3v) is 4.29. The van der Waals surface area contributed by atoms with E-state index in [2.05, 4.69) is 22.2 Å². The number of amides is 1. The minimum Gasteiger partial charge on any atom is -0.352 e. The molecule has 0 bridgehead atoms. The number of carbonyl (C=O) groups excluding carboxylic acids is 1. The summed E-state index contributed by atoms with van der Waals surface area (Å²) >= 11 is 5.87. The third-order valence-electron chi connectivity index (χ3n) is 3.97. The number of likely N-dealkylation sites (N-methyl/N-ethyl adjacent to an activating group) is 1. The van der Waals surface area contributed by atoms with Gasteiger partial charge in [0, 0.05) is 32.7 Å². The maximum Gasteiger partial charge on any atom is 0.255 e. The molecule has 1 heterocycles. The van der Waals surface area contributed by atoms with Crippen LogP contribution >= 0.6 is 11.6 Å². The Hall–Kier alpha value is -1.17. The van der Waals surface area contributed by atoms with Crippen molar-refractivity contribution >= 4 is 17.5 Å². The molecule has 4 nitrogen and oxygen atoms in total. The molecule has 122 valence electrons. The fourth-order valence-electron chi connectivity index (χ4n) is 2.54. The molecule has 6 heteroatoms. The largest absolute Gasteiger partial charge is 0.352 e. The first-order chi connectivity index (χ1) is 10.6. The average molecular weight is 328 g/mol. The molecule has 1 aliphatic rings. The van der Waals surface area contributed by atoms with E-state index in [4.69, 9.17) is 11.6 Å². The number of rotatable bonds is 6. The first-order valence-corrected chi connectivity index (χ1v) is 8.09. The first-order valence-electron chi connectivity index (χ1n) is 7.71. The standard InChI is InChI=1S/C16H23ClFN3O/c1-20-9-11-21(12-10-20)8-3-2-7-19-16(22)15-13(17)5-4-6-14(15)18/h4-6H,2-3,7-12H2,1H3,(H,19,22). The van der Waals surface area contributed by atoms with Crippen LogP contribution in [-0.4, -0.2) is 62.0 Å². The number of hydrogen-bond donors (Lipinski definition) is 1. The van der Waals surface area contributed by atoms with Gasteiger partial charge in [-0.3, -0.25) is 4.79 Å². The second kappa shape index (κ2) is 8.46. The zero-order chi connectivity index (χ0) is 15.9. The lowest BCUT2D eigenvalue weighted by Gasteiger charge is -2.32. The van der Waals surface area contributed by atoms with E-state index in [0.29, 0.717) is 6.54 Å². The van der Waals surface area contributed by atoms with Crippen molar-refractivity contribution in [1.82, 2.24) is 15.1 Å². The summed E-state index contributed by atoms with van der Waals surface area (Å²) in [7, 11) is 2.14. The fraction of sp³-hybridized carbons (Fsp3) is 0.562. The van der Waals surface area contributed by atoms with Gasteiger partial charge in [0.2, 0.25) is 0 Å². The van der Waals surface area contributed by atoms with Crippen LogP contribution in [0.15, 0.2) is 18.2 Å². The van der Waals surface area contributed by atoms with Crippen molar-refractivity contribution in [1.29, 1.82) is 0 Å². The van der Waals surface area contributed by atoms with Crippen molar-refractivity contribution in [3.8, 4) is 0 Å². The first kappa shape index (κ1) is 17.2. The Kier molecular flexibility index (Phi) is 6.61. The maximum absolute atomic E-state index is 13.6. The SMILES string of the molecule is CN1CCN(CCCCNC(=O)c2c(F)cccc2Cl)CC1. The number of nitrogens with zero attached hydrogens (tertiary/aromatic N) is 2. The summed E-state index contributed by atoms with van der Waals surface area (Å²) < 4.78 is 13.6. The summed E-state index contributed by atoms with van der Waals surface area (Å²) in [5.41, 5.74) is -0.0664. The Morgan fingerprint density at radius 3 is 2.68 bits per heavy atom. The predicted molar refractivity (Wildman–Crippen MR) is 86.9 cm³/mol. The van der Waals surface area contributed by atoms with Crippen LogP contribution in [0.25, 0.3) is 0 Å². The third kappa shape index (κ3) is 4.93. The van der Waals surface area contributed by atoms with Gasteiger partial charge in [0.15, 0.2) is 0 Å². The van der Waals surface area contributed by atoms with E-state index in [9.17, 15) is 9.18 Å². The number of nitrogens with one attached hydrogen (secondary N) is 1. The molecule has 2 rings (SSSR count). The molecule has 22 heavy (non-hydrogen) atoms. The van der Waals surface area contributed by atoms with Gasteiger partial charge in [-0.2, -0.15) is 0 Å². The fourth-order valence-corrected chi connectivity index (χ4v) is 2.79. The lowest BCUT2D eigenvalue weighted by Crippen LogP contribution is -2.44. The number of halogens is 2. The van der Waals surface area contributed by atoms with E-state index in [1.807, 2.05) is 0 Å². The summed E-state index contributed by atoms with van der Waals surface area (Å²) in [6, 6.07) is 4.26. The molecule has 0 unspecified atom stereocenters. The topological polar surface area (TPSA) is 35.6 Å². The second-order valence-electron chi connectivity index (χ2n) is 5.70. The monoisotopic (exact) mass is 327 g/mol. The van der Waals surface area contributed by atoms with Gasteiger partial charge in [0.1, 0.15) is 5.82 Å². The highest BCUT2D eigenvalue weighted by atomic mass is 35.5. The van der Waals surface area contributed by atoms with Crippen LogP contribution < -0.4 is 5.32 Å². The van der Waals surface area contributed by atoms with Crippen LogP contribution in [0.4, 0.5) is 4.39 Å². The normalized spacial score (nSPS) is 16.7. The molecule has 1 aromatic rings. The van der Waals surface area contributed by atoms with Crippen molar-refractivity contribution in [2.24, 2.45) is 0 Å². The highest BCUT2D eigenvalue weighted by Gasteiger charge is 2.15. The highest BCUT2D eigenvalue weighted by Crippen LogP contribution is 2.18. The molecule has 1 fully saturated rings. The Labute approximate surface area is 136 Å². The van der Waals surface area contributed by atoms with Gasteiger partial charge in [-0.1, -0.05) is 17.7 Å². The maximum atomic E-state index is 13.6. The Morgan fingerprint density at radius 1 is 1.27 bits per heavy atom. The summed E-state index contributed by atoms with van der Waals surface area (Å²) in [5, 5.41) is 2.88. The number of hydrogen-bond acceptors (Lipinski definition) is 3. The van der Waals surface area contributed by atoms with Crippen molar-refractivity contribution in [3.63, 3.8) is 0 Å². The van der Waals surface area contributed by atoms with Gasteiger partial charge in [0.25, 0.3) is 5.91 Å². The molecular weight excluding hydrogens is 305 g/mol. The molecule has 0 saturated carbocycles. The minimum absolute atomic E-state index is 0.0664. The van der Waals surface area contributed by atoms with Gasteiger partial charge >= 0.3 is 0 Å². The van der Waals surface area contributed by atoms with Crippen LogP contribution in [0, 0.1) is 5.82 Å². The zero-order valence-electron chi connectivity index (χ0n) is 12.9. The molecule has 0 aliphatic carbocycles. The number of benzene rings is 1. The Morgan fingerprint density at radius 2 is 2.00 bits per heavy atom. The van der Waals surface area contributed by atoms with Crippen LogP contribution in [0.2, 0.25) is 5.02 Å². The summed E-state index contributed by atoms with van der Waals surface area (Å²) in [5.74, 6) is -1.02. The predicted octanol–water partition coefficient (Wildman–Crippen LogP) is 2.24. The molecule has 1 aromatic carbocycles. The van der Waals surface area contributed by atoms with Crippen LogP contribution in [-0.2, 0) is 0 Å². The van der Waals surface area contributed by atoms with Gasteiger partial charge < -0.3 is 15.1 Å². The van der Waals surface area contributed by atoms with Crippen molar-refractivity contribution in [2.75, 3.05) is 46.3 Å². The van der Waals surface area contributed by atoms with E-state index in [0.717, 1.165) is 45.6 Å². The molecule has 0 radical (unpaired) electrons. The number of carbonyl (C=O) groups is 1. The minimum atomic E-state index is -0.581. The van der Waals surface area contributed by atoms with Crippen molar-refractivity contribution < 1.29 is 9.18 Å². The molecule has 1 amide bonds. The molecule has 0 atom stereocenters. The lowest BCUT2D eigenvalue weighted by atomic mass is 10.2. The van der Waals surface area contributed by atoms with Gasteiger partial charge in [-0.15, -0.1) is 0 Å². The molecule has 1 aliphatic heterocycles. The van der Waals surface area contributed by atoms with Crippen molar-refractivity contribution in [2.45, 2.75) is 12.8 Å². The Balaban J connectivity index is 1.65. The van der Waals surface area contributed by atoms with Gasteiger partial charge in [-0.05, 0) is 38.6 Å². The summed E-state index contributed by atoms with van der Waals surface area (Å²) in [6.45, 7) is 6.02. The van der Waals surface area contributed by atoms with E-state index in [1.165, 1.54) is 18.2 Å². The van der Waals surface area contributed by atoms with E-state index >= 15 is 0 Å². The molecule has 1 saturated heterocycles. The van der Waals surface area contributed by atoms with Crippen LogP contribution in [0.1, 0.15) is 23.2 Å². The summed E-state index contributed by atoms with van der Waals surface area (Å²) in [4.78, 5) is 16.7. The highest BCUT2D eigenvalue weighted by molar-refractivity contribution is 6.33. The summed E-state index contributed by atoms with van der Waals surface area (Å²) in [6.07, 6.45) is 1.90. The van der Waals surface area contributed by atoms with E-state index in [1.54, 1.807) is 0 Å². The number of piperazine rings is 1.